The van der Waals surface area contributed by atoms with Gasteiger partial charge in [0, 0.05) is 41.2 Å². The van der Waals surface area contributed by atoms with Crippen molar-refractivity contribution in [1.82, 2.24) is 20.2 Å². The Balaban J connectivity index is 1.31. The highest BCUT2D eigenvalue weighted by Crippen LogP contribution is 2.45. The van der Waals surface area contributed by atoms with Crippen molar-refractivity contribution in [1.29, 1.82) is 0 Å². The maximum Gasteiger partial charge on any atom is 0.319 e. The molecule has 4 aliphatic rings. The zero-order chi connectivity index (χ0) is 29.8. The molecule has 0 amide bonds. The number of aliphatic hydroxyl groups is 1. The van der Waals surface area contributed by atoms with Gasteiger partial charge in [0.2, 0.25) is 0 Å². The number of halogens is 2. The molecule has 2 N–H and O–H groups in total. The lowest BCUT2D eigenvalue weighted by molar-refractivity contribution is 0.188. The molecule has 3 aromatic rings. The van der Waals surface area contributed by atoms with Crippen LogP contribution in [0.5, 0.6) is 6.01 Å². The molecule has 0 radical (unpaired) electrons. The van der Waals surface area contributed by atoms with E-state index in [0.717, 1.165) is 56.2 Å². The molecule has 4 fully saturated rings. The number of fused-ring (bicyclic) bond motifs is 7. The topological polar surface area (TPSA) is 73.8 Å². The number of hydrogen-bond acceptors (Lipinski definition) is 7. The third-order valence-electron chi connectivity index (χ3n) is 10.0. The van der Waals surface area contributed by atoms with E-state index in [1.54, 1.807) is 25.1 Å². The molecule has 226 valence electrons. The van der Waals surface area contributed by atoms with Crippen LogP contribution in [0, 0.1) is 12.7 Å². The second-order valence-corrected chi connectivity index (χ2v) is 13.1. The van der Waals surface area contributed by atoms with Crippen LogP contribution in [0.4, 0.5) is 10.2 Å². The average Bonchev–Trinajstić information content (AvgIpc) is 3.68. The fraction of sp³-hybridized carbons (Fsp3) is 0.471. The van der Waals surface area contributed by atoms with Crippen LogP contribution in [0.1, 0.15) is 62.1 Å². The van der Waals surface area contributed by atoms with Gasteiger partial charge in [0.25, 0.3) is 0 Å². The van der Waals surface area contributed by atoms with Crippen molar-refractivity contribution in [3.05, 3.63) is 69.7 Å². The van der Waals surface area contributed by atoms with Crippen LogP contribution >= 0.6 is 11.6 Å². The number of nitrogens with one attached hydrogen (secondary N) is 1. The minimum absolute atomic E-state index is 0.0170. The first-order chi connectivity index (χ1) is 20.8. The Morgan fingerprint density at radius 3 is 2.58 bits per heavy atom. The van der Waals surface area contributed by atoms with E-state index in [4.69, 9.17) is 21.3 Å². The van der Waals surface area contributed by atoms with Crippen LogP contribution in [-0.2, 0) is 0 Å². The second-order valence-electron chi connectivity index (χ2n) is 12.7. The van der Waals surface area contributed by atoms with Gasteiger partial charge in [-0.05, 0) is 101 Å². The van der Waals surface area contributed by atoms with E-state index in [1.807, 2.05) is 31.2 Å². The smallest absolute Gasteiger partial charge is 0.319 e. The number of benzene rings is 2. The summed E-state index contributed by atoms with van der Waals surface area (Å²) >= 11 is 6.84. The molecule has 4 unspecified atom stereocenters. The molecule has 0 spiro atoms. The summed E-state index contributed by atoms with van der Waals surface area (Å²) in [6.45, 7) is 5.23. The van der Waals surface area contributed by atoms with Gasteiger partial charge in [-0.1, -0.05) is 35.9 Å². The molecule has 43 heavy (non-hydrogen) atoms. The van der Waals surface area contributed by atoms with Gasteiger partial charge in [-0.3, -0.25) is 0 Å². The number of likely N-dealkylation sites (tertiary alicyclic amines) is 1. The second kappa shape index (κ2) is 11.4. The number of allylic oxidation sites excluding steroid dienone is 2. The lowest BCUT2D eigenvalue weighted by Gasteiger charge is -2.41. The van der Waals surface area contributed by atoms with Crippen LogP contribution in [0.15, 0.2) is 42.2 Å². The lowest BCUT2D eigenvalue weighted by Crippen LogP contribution is -2.59. The largest absolute Gasteiger partial charge is 0.508 e. The van der Waals surface area contributed by atoms with Crippen molar-refractivity contribution in [2.45, 2.75) is 82.6 Å². The highest BCUT2D eigenvalue weighted by Gasteiger charge is 2.51. The van der Waals surface area contributed by atoms with Crippen LogP contribution in [0.25, 0.3) is 22.6 Å². The normalized spacial score (nSPS) is 27.5. The number of ether oxygens (including phenoxy) is 1. The summed E-state index contributed by atoms with van der Waals surface area (Å²) < 4.78 is 22.8. The first kappa shape index (κ1) is 28.6. The molecule has 2 aromatic carbocycles. The van der Waals surface area contributed by atoms with Crippen LogP contribution in [0.3, 0.4) is 0 Å². The zero-order valence-electron chi connectivity index (χ0n) is 25.0. The first-order valence-electron chi connectivity index (χ1n) is 15.5. The molecule has 1 aromatic heterocycles. The van der Waals surface area contributed by atoms with E-state index in [0.29, 0.717) is 47.6 Å². The molecular weight excluding hydrogens is 565 g/mol. The maximum absolute atomic E-state index is 16.6. The van der Waals surface area contributed by atoms with E-state index >= 15 is 4.39 Å². The van der Waals surface area contributed by atoms with E-state index in [9.17, 15) is 5.11 Å². The summed E-state index contributed by atoms with van der Waals surface area (Å²) in [4.78, 5) is 14.3. The monoisotopic (exact) mass is 603 g/mol. The van der Waals surface area contributed by atoms with Gasteiger partial charge in [0.05, 0.1) is 5.02 Å². The van der Waals surface area contributed by atoms with Gasteiger partial charge >= 0.3 is 6.01 Å². The molecular formula is C34H39ClFN5O2. The number of hydrogen-bond donors (Lipinski definition) is 2. The average molecular weight is 604 g/mol. The Hall–Kier alpha value is -3.20. The number of piperazine rings is 1. The number of rotatable bonds is 7. The van der Waals surface area contributed by atoms with E-state index in [-0.39, 0.29) is 33.9 Å². The van der Waals surface area contributed by atoms with Gasteiger partial charge < -0.3 is 25.0 Å². The summed E-state index contributed by atoms with van der Waals surface area (Å²) in [7, 11) is 2.11. The first-order valence-corrected chi connectivity index (χ1v) is 15.9. The summed E-state index contributed by atoms with van der Waals surface area (Å²) in [5, 5.41) is 15.5. The Morgan fingerprint density at radius 2 is 1.88 bits per heavy atom. The van der Waals surface area contributed by atoms with Crippen molar-refractivity contribution < 1.29 is 14.2 Å². The van der Waals surface area contributed by atoms with Gasteiger partial charge in [-0.15, -0.1) is 0 Å². The molecule has 4 bridgehead atoms. The Labute approximate surface area is 257 Å². The molecule has 0 aliphatic carbocycles. The molecule has 4 aliphatic heterocycles. The standard InChI is InChI=1S/C34H39ClFN5O2/c1-19-7-4-5-8-21(19)16-23(42)15-20(2)30-25(35)17-24-32(31(30)36)38-34(43-18-22-9-6-14-40(22)3)39-33(24)41-28-12-13-29(41)27-11-10-26(28)37-27/h4-5,7-8,15-17,22,26-29,37,42H,6,9-14,18H2,1-3H3/b20-15+,23-16+/t22-,26?,27?,28?,29?/m0/s1. The number of aliphatic hydroxyl groups excluding tert-OH is 1. The molecule has 7 nitrogen and oxygen atoms in total. The summed E-state index contributed by atoms with van der Waals surface area (Å²) in [6.07, 6.45) is 9.86. The Bertz CT molecular complexity index is 1610. The van der Waals surface area contributed by atoms with Gasteiger partial charge in [0.1, 0.15) is 23.7 Å². The van der Waals surface area contributed by atoms with Crippen molar-refractivity contribution in [2.75, 3.05) is 25.1 Å². The minimum Gasteiger partial charge on any atom is -0.508 e. The Kier molecular flexibility index (Phi) is 7.56. The van der Waals surface area contributed by atoms with Crippen molar-refractivity contribution in [3.8, 4) is 6.01 Å². The zero-order valence-corrected chi connectivity index (χ0v) is 25.7. The number of aromatic nitrogens is 2. The minimum atomic E-state index is -0.531. The van der Waals surface area contributed by atoms with Gasteiger partial charge in [-0.2, -0.15) is 9.97 Å². The van der Waals surface area contributed by atoms with Crippen molar-refractivity contribution in [2.24, 2.45) is 0 Å². The fourth-order valence-corrected chi connectivity index (χ4v) is 8.11. The number of anilines is 1. The van der Waals surface area contributed by atoms with E-state index < -0.39 is 5.82 Å². The third-order valence-corrected chi connectivity index (χ3v) is 10.3. The van der Waals surface area contributed by atoms with Crippen LogP contribution in [0.2, 0.25) is 5.02 Å². The predicted octanol–water partition coefficient (Wildman–Crippen LogP) is 6.68. The fourth-order valence-electron chi connectivity index (χ4n) is 7.76. The van der Waals surface area contributed by atoms with Gasteiger partial charge in [-0.25, -0.2) is 4.39 Å². The van der Waals surface area contributed by atoms with E-state index in [2.05, 4.69) is 27.1 Å². The summed E-state index contributed by atoms with van der Waals surface area (Å²) in [6, 6.07) is 11.4. The molecule has 9 heteroatoms. The lowest BCUT2D eigenvalue weighted by atomic mass is 10.0. The Morgan fingerprint density at radius 1 is 1.14 bits per heavy atom. The van der Waals surface area contributed by atoms with E-state index in [1.165, 1.54) is 0 Å². The predicted molar refractivity (Wildman–Crippen MR) is 170 cm³/mol. The third kappa shape index (κ3) is 5.17. The van der Waals surface area contributed by atoms with Gasteiger partial charge in [0.15, 0.2) is 5.82 Å². The number of nitrogens with zero attached hydrogens (tertiary/aromatic N) is 4. The molecule has 5 heterocycles. The number of aryl methyl sites for hydroxylation is 1. The molecule has 5 atom stereocenters. The maximum atomic E-state index is 16.6. The SMILES string of the molecule is C/C(=C\C(O)=C/c1ccccc1C)c1c(Cl)cc2c(N3C4CCC3C3CCC4N3)nc(OC[C@@H]3CCCN3C)nc2c1F. The molecule has 7 rings (SSSR count). The highest BCUT2D eigenvalue weighted by molar-refractivity contribution is 6.33. The van der Waals surface area contributed by atoms with Crippen LogP contribution in [-0.4, -0.2) is 70.4 Å². The summed E-state index contributed by atoms with van der Waals surface area (Å²) in [5.41, 5.74) is 2.84. The number of likely N-dealkylation sites (N-methyl/N-ethyl adjacent to an activating group) is 1. The highest BCUT2D eigenvalue weighted by atomic mass is 35.5. The quantitative estimate of drug-likeness (QED) is 0.231. The van der Waals surface area contributed by atoms with Crippen molar-refractivity contribution in [3.63, 3.8) is 0 Å². The van der Waals surface area contributed by atoms with Crippen LogP contribution < -0.4 is 15.0 Å². The van der Waals surface area contributed by atoms with Crippen molar-refractivity contribution >= 4 is 40.0 Å². The molecule has 0 saturated carbocycles. The molecule has 4 saturated heterocycles. The summed E-state index contributed by atoms with van der Waals surface area (Å²) in [5.74, 6) is 0.196.